The molecule has 6 nitrogen and oxygen atoms in total. The topological polar surface area (TPSA) is 87.5 Å². The van der Waals surface area contributed by atoms with Crippen LogP contribution in [0.25, 0.3) is 0 Å². The molecule has 0 unspecified atom stereocenters. The van der Waals surface area contributed by atoms with Gasteiger partial charge in [0.25, 0.3) is 0 Å². The number of nitriles is 1. The van der Waals surface area contributed by atoms with Gasteiger partial charge in [-0.1, -0.05) is 25.1 Å². The van der Waals surface area contributed by atoms with Gasteiger partial charge in [0.05, 0.1) is 24.3 Å². The molecule has 0 saturated carbocycles. The second-order valence-corrected chi connectivity index (χ2v) is 5.32. The monoisotopic (exact) mass is 314 g/mol. The number of carbonyl (C=O) groups excluding carboxylic acids is 3. The van der Waals surface area contributed by atoms with Crippen molar-refractivity contribution < 1.29 is 19.1 Å². The first kappa shape index (κ1) is 16.7. The van der Waals surface area contributed by atoms with Crippen molar-refractivity contribution in [2.45, 2.75) is 26.7 Å². The summed E-state index contributed by atoms with van der Waals surface area (Å²) in [6.45, 7) is 3.39. The molecular formula is C17H18N2O4. The highest BCUT2D eigenvalue weighted by Gasteiger charge is 2.56. The largest absolute Gasteiger partial charge is 0.465 e. The fraction of sp³-hybridized carbons (Fsp3) is 0.412. The summed E-state index contributed by atoms with van der Waals surface area (Å²) in [4.78, 5) is 38.4. The van der Waals surface area contributed by atoms with Gasteiger partial charge in [-0.05, 0) is 25.5 Å². The number of amides is 2. The highest BCUT2D eigenvalue weighted by molar-refractivity contribution is 6.22. The van der Waals surface area contributed by atoms with Crippen LogP contribution in [0.1, 0.15) is 26.7 Å². The second kappa shape index (κ2) is 6.61. The van der Waals surface area contributed by atoms with Crippen molar-refractivity contribution in [2.24, 2.45) is 11.3 Å². The van der Waals surface area contributed by atoms with Crippen molar-refractivity contribution in [2.75, 3.05) is 11.5 Å². The van der Waals surface area contributed by atoms with Crippen LogP contribution in [0.3, 0.4) is 0 Å². The third kappa shape index (κ3) is 2.70. The third-order valence-corrected chi connectivity index (χ3v) is 4.15. The molecular weight excluding hydrogens is 296 g/mol. The highest BCUT2D eigenvalue weighted by Crippen LogP contribution is 2.41. The van der Waals surface area contributed by atoms with Crippen LogP contribution < -0.4 is 4.90 Å². The van der Waals surface area contributed by atoms with Crippen molar-refractivity contribution in [3.05, 3.63) is 30.3 Å². The van der Waals surface area contributed by atoms with Crippen molar-refractivity contribution >= 4 is 23.5 Å². The van der Waals surface area contributed by atoms with Gasteiger partial charge in [0.15, 0.2) is 5.41 Å². The number of benzene rings is 1. The molecule has 1 aromatic carbocycles. The lowest BCUT2D eigenvalue weighted by atomic mass is 9.73. The SMILES string of the molecule is CCOC(=O)[C@@](C#N)(CC)[C@@H]1CC(=O)N(c2ccccc2)C1=O. The van der Waals surface area contributed by atoms with Crippen molar-refractivity contribution in [3.8, 4) is 6.07 Å². The molecule has 6 heteroatoms. The maximum Gasteiger partial charge on any atom is 0.327 e. The normalized spacial score (nSPS) is 20.0. The van der Waals surface area contributed by atoms with Gasteiger partial charge < -0.3 is 4.74 Å². The smallest absolute Gasteiger partial charge is 0.327 e. The number of esters is 1. The zero-order valence-electron chi connectivity index (χ0n) is 13.1. The first-order valence-corrected chi connectivity index (χ1v) is 7.52. The number of nitrogens with zero attached hydrogens (tertiary/aromatic N) is 2. The molecule has 1 aliphatic rings. The minimum atomic E-state index is -1.63. The lowest BCUT2D eigenvalue weighted by molar-refractivity contribution is -0.157. The number of carbonyl (C=O) groups is 3. The molecule has 0 aliphatic carbocycles. The Kier molecular flexibility index (Phi) is 4.80. The summed E-state index contributed by atoms with van der Waals surface area (Å²) in [5.41, 5.74) is -1.19. The molecule has 1 aliphatic heterocycles. The zero-order chi connectivity index (χ0) is 17.0. The van der Waals surface area contributed by atoms with E-state index in [2.05, 4.69) is 0 Å². The van der Waals surface area contributed by atoms with Gasteiger partial charge in [0.1, 0.15) is 0 Å². The summed E-state index contributed by atoms with van der Waals surface area (Å²) in [5, 5.41) is 9.56. The molecule has 2 rings (SSSR count). The summed E-state index contributed by atoms with van der Waals surface area (Å²) in [7, 11) is 0. The summed E-state index contributed by atoms with van der Waals surface area (Å²) < 4.78 is 4.98. The quantitative estimate of drug-likeness (QED) is 0.613. The first-order chi connectivity index (χ1) is 11.0. The maximum atomic E-state index is 12.7. The minimum Gasteiger partial charge on any atom is -0.465 e. The summed E-state index contributed by atoms with van der Waals surface area (Å²) in [5.74, 6) is -2.71. The Morgan fingerprint density at radius 1 is 1.35 bits per heavy atom. The molecule has 0 bridgehead atoms. The molecule has 0 radical (unpaired) electrons. The van der Waals surface area contributed by atoms with E-state index in [4.69, 9.17) is 4.74 Å². The van der Waals surface area contributed by atoms with Crippen LogP contribution in [0.4, 0.5) is 5.69 Å². The summed E-state index contributed by atoms with van der Waals surface area (Å²) in [6, 6.07) is 10.4. The van der Waals surface area contributed by atoms with Crippen molar-refractivity contribution in [3.63, 3.8) is 0 Å². The van der Waals surface area contributed by atoms with Crippen LogP contribution in [-0.4, -0.2) is 24.4 Å². The van der Waals surface area contributed by atoms with Crippen LogP contribution in [0.15, 0.2) is 30.3 Å². The summed E-state index contributed by atoms with van der Waals surface area (Å²) >= 11 is 0. The van der Waals surface area contributed by atoms with E-state index in [1.54, 1.807) is 44.2 Å². The Bertz CT molecular complexity index is 665. The Morgan fingerprint density at radius 3 is 2.52 bits per heavy atom. The van der Waals surface area contributed by atoms with Gasteiger partial charge in [0, 0.05) is 6.42 Å². The Labute approximate surface area is 134 Å². The highest BCUT2D eigenvalue weighted by atomic mass is 16.5. The number of imide groups is 1. The van der Waals surface area contributed by atoms with E-state index >= 15 is 0 Å². The molecule has 2 atom stereocenters. The number of para-hydroxylation sites is 1. The van der Waals surface area contributed by atoms with Gasteiger partial charge >= 0.3 is 5.97 Å². The van der Waals surface area contributed by atoms with E-state index in [-0.39, 0.29) is 19.4 Å². The van der Waals surface area contributed by atoms with E-state index in [1.165, 1.54) is 0 Å². The molecule has 1 fully saturated rings. The van der Waals surface area contributed by atoms with Crippen LogP contribution in [0.2, 0.25) is 0 Å². The maximum absolute atomic E-state index is 12.7. The van der Waals surface area contributed by atoms with Crippen LogP contribution in [-0.2, 0) is 19.1 Å². The van der Waals surface area contributed by atoms with Crippen molar-refractivity contribution in [1.82, 2.24) is 0 Å². The van der Waals surface area contributed by atoms with E-state index in [9.17, 15) is 19.6 Å². The first-order valence-electron chi connectivity index (χ1n) is 7.52. The molecule has 1 saturated heterocycles. The van der Waals surface area contributed by atoms with Gasteiger partial charge in [-0.15, -0.1) is 0 Å². The standard InChI is InChI=1S/C17H18N2O4/c1-3-17(11-18,16(22)23-4-2)13-10-14(20)19(15(13)21)12-8-6-5-7-9-12/h5-9,13H,3-4,10H2,1-2H3/t13-,17-/m1/s1. The number of ether oxygens (including phenoxy) is 1. The number of anilines is 1. The minimum absolute atomic E-state index is 0.106. The second-order valence-electron chi connectivity index (χ2n) is 5.32. The van der Waals surface area contributed by atoms with Gasteiger partial charge in [-0.2, -0.15) is 5.26 Å². The molecule has 2 amide bonds. The molecule has 23 heavy (non-hydrogen) atoms. The van der Waals surface area contributed by atoms with Gasteiger partial charge in [-0.25, -0.2) is 0 Å². The summed E-state index contributed by atoms with van der Waals surface area (Å²) in [6.07, 6.45) is -0.0669. The van der Waals surface area contributed by atoms with E-state index in [0.29, 0.717) is 5.69 Å². The predicted octanol–water partition coefficient (Wildman–Crippen LogP) is 2.05. The Balaban J connectivity index is 2.41. The average Bonchev–Trinajstić information content (AvgIpc) is 2.86. The lowest BCUT2D eigenvalue weighted by Crippen LogP contribution is -2.43. The van der Waals surface area contributed by atoms with Crippen LogP contribution in [0, 0.1) is 22.7 Å². The van der Waals surface area contributed by atoms with Crippen LogP contribution in [0.5, 0.6) is 0 Å². The van der Waals surface area contributed by atoms with Crippen LogP contribution >= 0.6 is 0 Å². The number of rotatable bonds is 5. The zero-order valence-corrected chi connectivity index (χ0v) is 13.1. The van der Waals surface area contributed by atoms with Crippen molar-refractivity contribution in [1.29, 1.82) is 5.26 Å². The number of hydrogen-bond acceptors (Lipinski definition) is 5. The molecule has 0 spiro atoms. The Morgan fingerprint density at radius 2 is 2.00 bits per heavy atom. The van der Waals surface area contributed by atoms with Gasteiger partial charge in [-0.3, -0.25) is 19.3 Å². The third-order valence-electron chi connectivity index (χ3n) is 4.15. The van der Waals surface area contributed by atoms with E-state index in [0.717, 1.165) is 4.90 Å². The van der Waals surface area contributed by atoms with E-state index < -0.39 is 29.1 Å². The number of hydrogen-bond donors (Lipinski definition) is 0. The molecule has 1 aromatic rings. The molecule has 1 heterocycles. The van der Waals surface area contributed by atoms with E-state index in [1.807, 2.05) is 6.07 Å². The fourth-order valence-electron chi connectivity index (χ4n) is 2.86. The average molecular weight is 314 g/mol. The lowest BCUT2D eigenvalue weighted by Gasteiger charge is -2.27. The fourth-order valence-corrected chi connectivity index (χ4v) is 2.86. The molecule has 120 valence electrons. The van der Waals surface area contributed by atoms with Gasteiger partial charge in [0.2, 0.25) is 11.8 Å². The Hall–Kier alpha value is -2.68. The molecule has 0 aromatic heterocycles. The predicted molar refractivity (Wildman–Crippen MR) is 82.0 cm³/mol. The molecule has 0 N–H and O–H groups in total.